The van der Waals surface area contributed by atoms with E-state index < -0.39 is 0 Å². The molecule has 0 radical (unpaired) electrons. The summed E-state index contributed by atoms with van der Waals surface area (Å²) >= 11 is 0. The van der Waals surface area contributed by atoms with Gasteiger partial charge in [-0.1, -0.05) is 247 Å². The average Bonchev–Trinajstić information content (AvgIpc) is 1.32. The van der Waals surface area contributed by atoms with Gasteiger partial charge in [-0.25, -0.2) is 0 Å². The highest BCUT2D eigenvalue weighted by atomic mass is 15.3. The Morgan fingerprint density at radius 2 is 0.859 bits per heavy atom. The largest absolute Gasteiger partial charge is 0.334 e. The van der Waals surface area contributed by atoms with Crippen molar-refractivity contribution >= 4 is 68.6 Å². The molecule has 6 aliphatic rings. The Morgan fingerprint density at radius 3 is 1.40 bits per heavy atom. The molecule has 3 atom stereocenters. The first-order chi connectivity index (χ1) is 43.2. The summed E-state index contributed by atoms with van der Waals surface area (Å²) in [6.45, 7) is 46.3. The van der Waals surface area contributed by atoms with Gasteiger partial charge in [0.25, 0.3) is 6.71 Å². The van der Waals surface area contributed by atoms with Crippen molar-refractivity contribution < 1.29 is 0 Å². The zero-order chi connectivity index (χ0) is 65.0. The second-order valence-corrected chi connectivity index (χ2v) is 35.1. The van der Waals surface area contributed by atoms with Gasteiger partial charge in [-0.05, 0) is 215 Å². The monoisotopic (exact) mass is 1210 g/mol. The van der Waals surface area contributed by atoms with Crippen molar-refractivity contribution in [1.29, 1.82) is 0 Å². The molecule has 4 heterocycles. The number of fused-ring (bicyclic) bond motifs is 7. The van der Waals surface area contributed by atoms with Crippen LogP contribution in [-0.4, -0.2) is 12.3 Å². The van der Waals surface area contributed by atoms with Crippen LogP contribution in [0.15, 0.2) is 176 Å². The molecule has 6 bridgehead atoms. The van der Waals surface area contributed by atoms with Crippen molar-refractivity contribution in [3.8, 4) is 22.3 Å². The van der Waals surface area contributed by atoms with Gasteiger partial charge >= 0.3 is 0 Å². The molecule has 0 N–H and O–H groups in total. The Morgan fingerprint density at radius 1 is 0.359 bits per heavy atom. The zero-order valence-corrected chi connectivity index (χ0v) is 58.9. The van der Waals surface area contributed by atoms with Crippen molar-refractivity contribution in [2.75, 3.05) is 14.7 Å². The van der Waals surface area contributed by atoms with E-state index in [0.29, 0.717) is 0 Å². The van der Waals surface area contributed by atoms with Crippen LogP contribution in [0.2, 0.25) is 0 Å². The van der Waals surface area contributed by atoms with Crippen molar-refractivity contribution in [2.45, 2.75) is 219 Å². The van der Waals surface area contributed by atoms with Gasteiger partial charge in [0, 0.05) is 56.1 Å². The van der Waals surface area contributed by atoms with E-state index in [9.17, 15) is 0 Å². The fourth-order valence-electron chi connectivity index (χ4n) is 18.2. The van der Waals surface area contributed by atoms with Crippen molar-refractivity contribution in [3.63, 3.8) is 0 Å². The fraction of sp³-hybridized carbons (Fsp3) is 0.386. The molecule has 9 aromatic carbocycles. The third-order valence-corrected chi connectivity index (χ3v) is 23.6. The summed E-state index contributed by atoms with van der Waals surface area (Å²) in [6.07, 6.45) is 6.69. The van der Waals surface area contributed by atoms with E-state index in [1.165, 1.54) is 153 Å². The molecule has 9 aromatic rings. The van der Waals surface area contributed by atoms with Crippen molar-refractivity contribution in [3.05, 3.63) is 232 Å². The smallest absolute Gasteiger partial charge is 0.252 e. The number of nitrogens with zero attached hydrogens (tertiary/aromatic N) is 3. The number of hydrogen-bond donors (Lipinski definition) is 0. The normalized spacial score (nSPS) is 21.1. The van der Waals surface area contributed by atoms with Crippen molar-refractivity contribution in [1.82, 2.24) is 0 Å². The second kappa shape index (κ2) is 20.0. The van der Waals surface area contributed by atoms with Crippen LogP contribution in [0.1, 0.15) is 226 Å². The van der Waals surface area contributed by atoms with Gasteiger partial charge in [0.1, 0.15) is 0 Å². The molecule has 468 valence electrons. The molecular weight excluding hydrogens is 1110 g/mol. The Labute approximate surface area is 552 Å². The van der Waals surface area contributed by atoms with E-state index in [0.717, 1.165) is 25.7 Å². The first-order valence-corrected chi connectivity index (χ1v) is 34.9. The quantitative estimate of drug-likeness (QED) is 0.159. The van der Waals surface area contributed by atoms with Gasteiger partial charge < -0.3 is 14.7 Å². The lowest BCUT2D eigenvalue weighted by Crippen LogP contribution is -2.62. The maximum Gasteiger partial charge on any atom is 0.252 e. The molecule has 0 saturated heterocycles. The molecule has 0 aromatic heterocycles. The van der Waals surface area contributed by atoms with Gasteiger partial charge in [-0.3, -0.25) is 0 Å². The highest BCUT2D eigenvalue weighted by Crippen LogP contribution is 2.66. The molecule has 1 saturated carbocycles. The van der Waals surface area contributed by atoms with Crippen LogP contribution in [-0.2, 0) is 43.3 Å². The minimum absolute atomic E-state index is 0.0448. The first kappa shape index (κ1) is 60.7. The van der Waals surface area contributed by atoms with Crippen LogP contribution in [0.25, 0.3) is 22.3 Å². The van der Waals surface area contributed by atoms with E-state index >= 15 is 0 Å². The highest BCUT2D eigenvalue weighted by Gasteiger charge is 2.62. The van der Waals surface area contributed by atoms with Gasteiger partial charge in [-0.2, -0.15) is 0 Å². The summed E-state index contributed by atoms with van der Waals surface area (Å²) < 4.78 is 0. The number of anilines is 8. The lowest BCUT2D eigenvalue weighted by Gasteiger charge is -2.53. The van der Waals surface area contributed by atoms with Crippen LogP contribution in [0.3, 0.4) is 0 Å². The highest BCUT2D eigenvalue weighted by molar-refractivity contribution is 7.00. The predicted octanol–water partition coefficient (Wildman–Crippen LogP) is 22.1. The van der Waals surface area contributed by atoms with Gasteiger partial charge in [0.15, 0.2) is 0 Å². The number of hydrogen-bond acceptors (Lipinski definition) is 3. The minimum Gasteiger partial charge on any atom is -0.334 e. The topological polar surface area (TPSA) is 9.72 Å². The standard InChI is InChI=1S/C88H98BN3/c1-80(2,3)57-32-34-58(35-33-57)88-43-27-26-42-87(88,19)92-62-38-41-74-70(50-62)89-71-52-67-66(85(16,17)44-45-86(67,18)68-54-75(92)69(88)51-65(68)84(13,14)15)53-76(71)91(73-40-37-60(82(7,8)9)47-64(73)56-30-24-21-25-31-56)78-49-61(83(10,11)12)48-77(79(78)89)90(74)72-39-36-59(81(4,5)6)46-63(72)55-28-22-20-23-29-55/h20-25,28-41,46-54H,26-27,42-45H2,1-19H3. The van der Waals surface area contributed by atoms with Crippen LogP contribution in [0.5, 0.6) is 0 Å². The Bertz CT molecular complexity index is 4490. The molecule has 92 heavy (non-hydrogen) atoms. The fourth-order valence-corrected chi connectivity index (χ4v) is 18.2. The Balaban J connectivity index is 1.13. The summed E-state index contributed by atoms with van der Waals surface area (Å²) in [6, 6.07) is 71.6. The van der Waals surface area contributed by atoms with Gasteiger partial charge in [0.05, 0.1) is 16.9 Å². The molecule has 1 fully saturated rings. The third kappa shape index (κ3) is 8.86. The SMILES string of the molecule is CC(C)(C)c1ccc(C23CCCCC2(C)N2c4ccc5c(c4)B4c6cc7c(cc6N(c6ccc(C(C)(C)C)cc6-c6ccccc6)c6cc(C(C)(C)C)cc(c64)N5c4ccc(C(C)(C)C)cc4-c4ccccc4)C(C)(C)CCC7(C)c4cc2c3cc4C(C)(C)C)cc1. The van der Waals surface area contributed by atoms with E-state index in [-0.39, 0.29) is 55.6 Å². The van der Waals surface area contributed by atoms with Gasteiger partial charge in [-0.15, -0.1) is 0 Å². The molecular formula is C88H98BN3. The van der Waals surface area contributed by atoms with E-state index in [2.05, 4.69) is 322 Å². The van der Waals surface area contributed by atoms with Crippen LogP contribution in [0, 0.1) is 0 Å². The Kier molecular flexibility index (Phi) is 13.2. The second-order valence-electron chi connectivity index (χ2n) is 35.1. The lowest BCUT2D eigenvalue weighted by molar-refractivity contribution is 0.215. The summed E-state index contributed by atoms with van der Waals surface area (Å²) in [5, 5.41) is 0. The molecule has 3 unspecified atom stereocenters. The molecule has 4 heteroatoms. The lowest BCUT2D eigenvalue weighted by atomic mass is 9.33. The molecule has 4 aliphatic heterocycles. The third-order valence-electron chi connectivity index (χ3n) is 23.6. The van der Waals surface area contributed by atoms with Crippen LogP contribution < -0.4 is 31.1 Å². The molecule has 0 spiro atoms. The molecule has 2 aliphatic carbocycles. The summed E-state index contributed by atoms with van der Waals surface area (Å²) in [4.78, 5) is 8.44. The maximum absolute atomic E-state index is 2.94. The predicted molar refractivity (Wildman–Crippen MR) is 396 cm³/mol. The minimum atomic E-state index is -0.317. The molecule has 3 nitrogen and oxygen atoms in total. The number of benzene rings is 9. The first-order valence-electron chi connectivity index (χ1n) is 34.9. The summed E-state index contributed by atoms with van der Waals surface area (Å²) in [5.41, 5.74) is 32.1. The maximum atomic E-state index is 2.94. The Hall–Kier alpha value is -7.56. The summed E-state index contributed by atoms with van der Waals surface area (Å²) in [7, 11) is 0. The average molecular weight is 1210 g/mol. The van der Waals surface area contributed by atoms with Gasteiger partial charge in [0.2, 0.25) is 0 Å². The van der Waals surface area contributed by atoms with E-state index in [1.807, 2.05) is 0 Å². The van der Waals surface area contributed by atoms with Crippen molar-refractivity contribution in [2.24, 2.45) is 0 Å². The van der Waals surface area contributed by atoms with Crippen LogP contribution in [0.4, 0.5) is 45.5 Å². The molecule has 15 rings (SSSR count). The van der Waals surface area contributed by atoms with E-state index in [4.69, 9.17) is 0 Å². The summed E-state index contributed by atoms with van der Waals surface area (Å²) in [5.74, 6) is 0. The van der Waals surface area contributed by atoms with E-state index in [1.54, 1.807) is 0 Å². The molecule has 0 amide bonds. The zero-order valence-electron chi connectivity index (χ0n) is 58.9. The number of rotatable bonds is 5. The van der Waals surface area contributed by atoms with Crippen LogP contribution >= 0.6 is 0 Å².